The van der Waals surface area contributed by atoms with Crippen molar-refractivity contribution in [3.05, 3.63) is 63.8 Å². The van der Waals surface area contributed by atoms with Crippen LogP contribution in [0.3, 0.4) is 0 Å². The van der Waals surface area contributed by atoms with Gasteiger partial charge >= 0.3 is 11.9 Å². The lowest BCUT2D eigenvalue weighted by Crippen LogP contribution is -2.40. The molecule has 2 aliphatic rings. The number of benzene rings is 2. The molecular formula is C32H36F4N4O2. The van der Waals surface area contributed by atoms with E-state index in [2.05, 4.69) is 16.8 Å². The largest absolute Gasteiger partial charge is 0.406 e. The number of ether oxygens (including phenoxy) is 1. The van der Waals surface area contributed by atoms with Gasteiger partial charge in [0.1, 0.15) is 11.2 Å². The van der Waals surface area contributed by atoms with Gasteiger partial charge in [0.25, 0.3) is 0 Å². The summed E-state index contributed by atoms with van der Waals surface area (Å²) >= 11 is 0. The smallest absolute Gasteiger partial charge is 0.375 e. The van der Waals surface area contributed by atoms with Crippen LogP contribution >= 0.6 is 0 Å². The molecule has 1 fully saturated rings. The first kappa shape index (κ1) is 30.1. The number of fused-ring (bicyclic) bond motifs is 2. The van der Waals surface area contributed by atoms with E-state index in [0.717, 1.165) is 0 Å². The molecule has 0 bridgehead atoms. The van der Waals surface area contributed by atoms with Crippen molar-refractivity contribution in [3.8, 4) is 11.8 Å². The van der Waals surface area contributed by atoms with Crippen molar-refractivity contribution in [2.45, 2.75) is 59.4 Å². The van der Waals surface area contributed by atoms with Crippen LogP contribution in [0.1, 0.15) is 52.2 Å². The highest BCUT2D eigenvalue weighted by atomic mass is 19.4. The number of aromatic nitrogens is 2. The maximum absolute atomic E-state index is 15.5. The van der Waals surface area contributed by atoms with E-state index < -0.39 is 28.6 Å². The van der Waals surface area contributed by atoms with E-state index in [0.29, 0.717) is 35.4 Å². The zero-order valence-corrected chi connectivity index (χ0v) is 24.6. The molecule has 1 aromatic heterocycles. The highest BCUT2D eigenvalue weighted by Crippen LogP contribution is 2.45. The summed E-state index contributed by atoms with van der Waals surface area (Å²) in [5.74, 6) is 5.34. The maximum Gasteiger partial charge on any atom is 0.406 e. The van der Waals surface area contributed by atoms with E-state index in [1.54, 1.807) is 35.2 Å². The molecule has 6 nitrogen and oxygen atoms in total. The Morgan fingerprint density at radius 2 is 1.83 bits per heavy atom. The molecule has 3 heterocycles. The van der Waals surface area contributed by atoms with Crippen molar-refractivity contribution in [1.82, 2.24) is 14.5 Å². The maximum atomic E-state index is 15.5. The monoisotopic (exact) mass is 584 g/mol. The van der Waals surface area contributed by atoms with Crippen LogP contribution in [-0.4, -0.2) is 53.4 Å². The summed E-state index contributed by atoms with van der Waals surface area (Å²) in [5.41, 5.74) is -1.37. The Labute approximate surface area is 243 Å². The third-order valence-electron chi connectivity index (χ3n) is 7.87. The van der Waals surface area contributed by atoms with E-state index in [-0.39, 0.29) is 49.8 Å². The molecule has 0 amide bonds. The number of alkyl halides is 3. The molecule has 0 saturated carbocycles. The summed E-state index contributed by atoms with van der Waals surface area (Å²) in [6, 6.07) is 9.72. The van der Waals surface area contributed by atoms with Crippen molar-refractivity contribution in [2.75, 3.05) is 37.7 Å². The lowest BCUT2D eigenvalue weighted by Gasteiger charge is -2.29. The van der Waals surface area contributed by atoms with Crippen LogP contribution < -0.4 is 10.6 Å². The molecule has 1 saturated heterocycles. The molecule has 0 N–H and O–H groups in total. The van der Waals surface area contributed by atoms with Crippen LogP contribution in [0, 0.1) is 29.0 Å². The summed E-state index contributed by atoms with van der Waals surface area (Å²) in [4.78, 5) is 21.2. The Bertz CT molecular complexity index is 1610. The van der Waals surface area contributed by atoms with Gasteiger partial charge < -0.3 is 14.5 Å². The molecule has 0 aliphatic carbocycles. The first-order valence-corrected chi connectivity index (χ1v) is 14.2. The second-order valence-electron chi connectivity index (χ2n) is 12.6. The predicted octanol–water partition coefficient (Wildman–Crippen LogP) is 6.22. The minimum absolute atomic E-state index is 0.0902. The van der Waals surface area contributed by atoms with Gasteiger partial charge in [0.05, 0.1) is 24.1 Å². The van der Waals surface area contributed by atoms with Crippen LogP contribution in [0.4, 0.5) is 29.1 Å². The van der Waals surface area contributed by atoms with Crippen molar-refractivity contribution in [1.29, 1.82) is 0 Å². The van der Waals surface area contributed by atoms with Crippen LogP contribution in [0.15, 0.2) is 41.2 Å². The minimum atomic E-state index is -4.49. The van der Waals surface area contributed by atoms with Crippen molar-refractivity contribution < 1.29 is 22.3 Å². The van der Waals surface area contributed by atoms with Gasteiger partial charge in [0.2, 0.25) is 0 Å². The molecule has 2 aromatic carbocycles. The first-order chi connectivity index (χ1) is 19.7. The number of anilines is 2. The van der Waals surface area contributed by atoms with Crippen LogP contribution in [0.2, 0.25) is 0 Å². The third-order valence-corrected chi connectivity index (χ3v) is 7.87. The normalized spacial score (nSPS) is 20.0. The minimum Gasteiger partial charge on any atom is -0.375 e. The second kappa shape index (κ2) is 11.0. The van der Waals surface area contributed by atoms with Crippen molar-refractivity contribution in [3.63, 3.8) is 0 Å². The molecule has 42 heavy (non-hydrogen) atoms. The number of halogens is 4. The predicted molar refractivity (Wildman–Crippen MR) is 155 cm³/mol. The quantitative estimate of drug-likeness (QED) is 0.270. The van der Waals surface area contributed by atoms with E-state index >= 15 is 4.39 Å². The fraction of sp³-hybridized carbons (Fsp3) is 0.500. The molecule has 0 radical (unpaired) electrons. The summed E-state index contributed by atoms with van der Waals surface area (Å²) in [5, 5.41) is 0.184. The van der Waals surface area contributed by atoms with E-state index in [9.17, 15) is 18.0 Å². The Hall–Kier alpha value is -3.42. The molecule has 1 unspecified atom stereocenters. The van der Waals surface area contributed by atoms with Crippen LogP contribution in [-0.2, 0) is 16.9 Å². The Balaban J connectivity index is 1.64. The summed E-state index contributed by atoms with van der Waals surface area (Å²) in [6.07, 6.45) is -4.58. The molecule has 0 spiro atoms. The molecule has 5 rings (SSSR count). The molecule has 10 heteroatoms. The average Bonchev–Trinajstić information content (AvgIpc) is 3.17. The van der Waals surface area contributed by atoms with Gasteiger partial charge in [-0.25, -0.2) is 9.18 Å². The Kier molecular flexibility index (Phi) is 7.88. The number of nitrogens with zero attached hydrogens (tertiary/aromatic N) is 4. The average molecular weight is 585 g/mol. The molecule has 2 aliphatic heterocycles. The van der Waals surface area contributed by atoms with E-state index in [1.165, 1.54) is 10.6 Å². The molecular weight excluding hydrogens is 548 g/mol. The van der Waals surface area contributed by atoms with Gasteiger partial charge in [-0.3, -0.25) is 4.57 Å². The Morgan fingerprint density at radius 3 is 2.52 bits per heavy atom. The number of hydrogen-bond donors (Lipinski definition) is 0. The number of likely N-dealkylation sites (tertiary alicyclic amines) is 1. The van der Waals surface area contributed by atoms with Crippen LogP contribution in [0.25, 0.3) is 10.9 Å². The Morgan fingerprint density at radius 1 is 1.10 bits per heavy atom. The first-order valence-electron chi connectivity index (χ1n) is 14.2. The fourth-order valence-corrected chi connectivity index (χ4v) is 5.98. The van der Waals surface area contributed by atoms with E-state index in [4.69, 9.17) is 4.74 Å². The SMILES string of the molecule is CC(C)CN1CCC(C#Cc2cccc3c2COCCN3c2nc(=O)n(C(C)(C)C)c3cccc(F)c23)(C(F)(F)F)C1. The lowest BCUT2D eigenvalue weighted by atomic mass is 9.86. The zero-order valence-electron chi connectivity index (χ0n) is 24.6. The van der Waals surface area contributed by atoms with Gasteiger partial charge in [0.15, 0.2) is 5.82 Å². The molecule has 3 aromatic rings. The van der Waals surface area contributed by atoms with Crippen LogP contribution in [0.5, 0.6) is 0 Å². The van der Waals surface area contributed by atoms with Gasteiger partial charge in [0, 0.05) is 48.5 Å². The zero-order chi connectivity index (χ0) is 30.4. The summed E-state index contributed by atoms with van der Waals surface area (Å²) in [7, 11) is 0. The summed E-state index contributed by atoms with van der Waals surface area (Å²) in [6.45, 7) is 10.9. The fourth-order valence-electron chi connectivity index (χ4n) is 5.98. The van der Waals surface area contributed by atoms with E-state index in [1.807, 2.05) is 39.5 Å². The third kappa shape index (κ3) is 5.52. The van der Waals surface area contributed by atoms with Crippen molar-refractivity contribution >= 4 is 22.4 Å². The standard InChI is InChI=1S/C32H36F4N4O2/c1-21(2)18-38-15-14-31(20-38,32(34,35)36)13-12-22-8-6-10-25-23(22)19-42-17-16-39(25)28-27-24(33)9-7-11-26(27)40(29(41)37-28)30(3,4)5/h6-11,21H,14-20H2,1-5H3. The number of hydrogen-bond acceptors (Lipinski definition) is 5. The topological polar surface area (TPSA) is 50.6 Å². The van der Waals surface area contributed by atoms with Gasteiger partial charge in [-0.05, 0) is 57.4 Å². The number of rotatable bonds is 3. The molecule has 1 atom stereocenters. The van der Waals surface area contributed by atoms with Gasteiger partial charge in [-0.2, -0.15) is 18.2 Å². The highest BCUT2D eigenvalue weighted by Gasteiger charge is 2.57. The van der Waals surface area contributed by atoms with Gasteiger partial charge in [-0.1, -0.05) is 37.8 Å². The van der Waals surface area contributed by atoms with Crippen molar-refractivity contribution in [2.24, 2.45) is 11.3 Å². The lowest BCUT2D eigenvalue weighted by molar-refractivity contribution is -0.197. The highest BCUT2D eigenvalue weighted by molar-refractivity contribution is 5.93. The second-order valence-corrected chi connectivity index (χ2v) is 12.6. The van der Waals surface area contributed by atoms with Gasteiger partial charge in [-0.15, -0.1) is 0 Å². The molecule has 224 valence electrons. The summed E-state index contributed by atoms with van der Waals surface area (Å²) < 4.78 is 66.0.